The molecule has 2 aromatic heterocycles. The van der Waals surface area contributed by atoms with Gasteiger partial charge in [0.15, 0.2) is 0 Å². The van der Waals surface area contributed by atoms with Gasteiger partial charge in [-0.1, -0.05) is 24.3 Å². The highest BCUT2D eigenvalue weighted by Crippen LogP contribution is 2.47. The maximum atomic E-state index is 13.1. The van der Waals surface area contributed by atoms with E-state index in [1.165, 1.54) is 6.20 Å². The van der Waals surface area contributed by atoms with E-state index in [0.29, 0.717) is 43.7 Å². The number of carbonyl (C=O) groups is 2. The minimum atomic E-state index is -0.589. The van der Waals surface area contributed by atoms with Crippen molar-refractivity contribution in [1.29, 1.82) is 0 Å². The maximum absolute atomic E-state index is 13.1. The number of amidine groups is 1. The van der Waals surface area contributed by atoms with Gasteiger partial charge in [-0.15, -0.1) is 0 Å². The molecule has 4 N–H and O–H groups in total. The second kappa shape index (κ2) is 11.4. The minimum Gasteiger partial charge on any atom is -0.444 e. The quantitative estimate of drug-likeness (QED) is 0.330. The lowest BCUT2D eigenvalue weighted by Crippen LogP contribution is -2.50. The van der Waals surface area contributed by atoms with Crippen LogP contribution in [0.3, 0.4) is 0 Å². The standard InChI is InChI=1S/C31H38N8O3/c1-30(2,3)42-29(41)39-15-13-38(14-16-39)26-19-34-24(18-36-26)27(40)37-28(33)31(4,23-10-11-23)22-8-5-20(6-9-22)21-7-12-25(32)35-17-21/h5-9,12,17-19,23H,10-11,13-16H2,1-4H3,(H2,32,35)(H2,33,37,40)/t31-/m1/s1. The third-order valence-corrected chi connectivity index (χ3v) is 7.86. The number of piperazine rings is 1. The number of anilines is 2. The van der Waals surface area contributed by atoms with E-state index in [1.54, 1.807) is 23.4 Å². The number of aliphatic imine (C=N–C) groups is 1. The van der Waals surface area contributed by atoms with Gasteiger partial charge in [0.1, 0.15) is 28.8 Å². The van der Waals surface area contributed by atoms with E-state index in [9.17, 15) is 9.59 Å². The number of hydrogen-bond donors (Lipinski definition) is 2. The van der Waals surface area contributed by atoms with E-state index >= 15 is 0 Å². The van der Waals surface area contributed by atoms with Gasteiger partial charge < -0.3 is 26.0 Å². The van der Waals surface area contributed by atoms with Crippen LogP contribution in [0.15, 0.2) is 60.0 Å². The number of amides is 2. The first-order valence-corrected chi connectivity index (χ1v) is 14.2. The smallest absolute Gasteiger partial charge is 0.410 e. The SMILES string of the molecule is CC(C)(C)OC(=O)N1CCN(c2cnc(C(=O)N=C(N)[C@](C)(c3ccc(-c4ccc(N)nc4)cc3)C3CC3)cn2)CC1. The molecule has 0 bridgehead atoms. The average Bonchev–Trinajstić information content (AvgIpc) is 3.83. The first kappa shape index (κ1) is 29.0. The van der Waals surface area contributed by atoms with Gasteiger partial charge in [0.2, 0.25) is 0 Å². The average molecular weight is 571 g/mol. The number of ether oxygens (including phenoxy) is 1. The summed E-state index contributed by atoms with van der Waals surface area (Å²) in [4.78, 5) is 46.4. The van der Waals surface area contributed by atoms with Gasteiger partial charge in [0.25, 0.3) is 5.91 Å². The van der Waals surface area contributed by atoms with Crippen LogP contribution in [0.2, 0.25) is 0 Å². The number of nitrogens with two attached hydrogens (primary N) is 2. The predicted molar refractivity (Wildman–Crippen MR) is 162 cm³/mol. The Morgan fingerprint density at radius 3 is 2.10 bits per heavy atom. The number of carbonyl (C=O) groups excluding carboxylic acids is 2. The summed E-state index contributed by atoms with van der Waals surface area (Å²) in [6, 6.07) is 11.8. The number of nitrogen functional groups attached to an aromatic ring is 1. The Hall–Kier alpha value is -4.54. The van der Waals surface area contributed by atoms with E-state index in [1.807, 2.05) is 62.9 Å². The fraction of sp³-hybridized carbons (Fsp3) is 0.419. The number of aromatic nitrogens is 3. The molecular weight excluding hydrogens is 532 g/mol. The van der Waals surface area contributed by atoms with Crippen molar-refractivity contribution in [3.05, 3.63) is 66.2 Å². The monoisotopic (exact) mass is 570 g/mol. The summed E-state index contributed by atoms with van der Waals surface area (Å²) in [5.74, 6) is 1.14. The summed E-state index contributed by atoms with van der Waals surface area (Å²) in [6.07, 6.45) is 6.44. The Bertz CT molecular complexity index is 1450. The molecule has 2 aliphatic rings. The van der Waals surface area contributed by atoms with Gasteiger partial charge in [-0.25, -0.2) is 19.7 Å². The lowest BCUT2D eigenvalue weighted by atomic mass is 9.76. The molecule has 1 atom stereocenters. The third kappa shape index (κ3) is 6.35. The first-order chi connectivity index (χ1) is 19.9. The van der Waals surface area contributed by atoms with E-state index in [-0.39, 0.29) is 17.6 Å². The molecule has 1 saturated heterocycles. The fourth-order valence-electron chi connectivity index (χ4n) is 5.16. The van der Waals surface area contributed by atoms with Crippen molar-refractivity contribution < 1.29 is 14.3 Å². The van der Waals surface area contributed by atoms with Gasteiger partial charge in [0.05, 0.1) is 17.8 Å². The number of benzene rings is 1. The summed E-state index contributed by atoms with van der Waals surface area (Å²) in [7, 11) is 0. The van der Waals surface area contributed by atoms with Crippen LogP contribution in [0.5, 0.6) is 0 Å². The zero-order valence-electron chi connectivity index (χ0n) is 24.6. The predicted octanol–water partition coefficient (Wildman–Crippen LogP) is 4.04. The van der Waals surface area contributed by atoms with Crippen LogP contribution in [0, 0.1) is 5.92 Å². The molecule has 42 heavy (non-hydrogen) atoms. The second-order valence-corrected chi connectivity index (χ2v) is 12.0. The molecule has 0 radical (unpaired) electrons. The molecular formula is C31H38N8O3. The molecule has 1 aliphatic heterocycles. The molecule has 220 valence electrons. The molecule has 1 saturated carbocycles. The highest BCUT2D eigenvalue weighted by molar-refractivity contribution is 6.05. The van der Waals surface area contributed by atoms with Crippen molar-refractivity contribution in [2.75, 3.05) is 36.8 Å². The van der Waals surface area contributed by atoms with Crippen molar-refractivity contribution in [3.63, 3.8) is 0 Å². The Morgan fingerprint density at radius 2 is 1.55 bits per heavy atom. The zero-order chi connectivity index (χ0) is 30.1. The first-order valence-electron chi connectivity index (χ1n) is 14.2. The maximum Gasteiger partial charge on any atom is 0.410 e. The molecule has 2 fully saturated rings. The van der Waals surface area contributed by atoms with E-state index in [4.69, 9.17) is 16.2 Å². The van der Waals surface area contributed by atoms with Crippen molar-refractivity contribution >= 4 is 29.5 Å². The molecule has 3 aromatic rings. The van der Waals surface area contributed by atoms with Crippen molar-refractivity contribution in [3.8, 4) is 11.1 Å². The van der Waals surface area contributed by atoms with Gasteiger partial charge in [0, 0.05) is 37.9 Å². The molecule has 1 aliphatic carbocycles. The van der Waals surface area contributed by atoms with Crippen LogP contribution < -0.4 is 16.4 Å². The lowest BCUT2D eigenvalue weighted by molar-refractivity contribution is 0.0240. The number of hydrogen-bond acceptors (Lipinski definition) is 8. The number of pyridine rings is 1. The third-order valence-electron chi connectivity index (χ3n) is 7.86. The number of rotatable bonds is 6. The van der Waals surface area contributed by atoms with Crippen LogP contribution in [0.1, 0.15) is 56.6 Å². The zero-order valence-corrected chi connectivity index (χ0v) is 24.6. The molecule has 11 heteroatoms. The van der Waals surface area contributed by atoms with Gasteiger partial charge in [-0.3, -0.25) is 4.79 Å². The lowest BCUT2D eigenvalue weighted by Gasteiger charge is -2.36. The van der Waals surface area contributed by atoms with Gasteiger partial charge in [-0.05, 0) is 69.7 Å². The largest absolute Gasteiger partial charge is 0.444 e. The van der Waals surface area contributed by atoms with E-state index in [0.717, 1.165) is 29.5 Å². The highest BCUT2D eigenvalue weighted by atomic mass is 16.6. The van der Waals surface area contributed by atoms with Crippen LogP contribution in [0.4, 0.5) is 16.4 Å². The molecule has 3 heterocycles. The Balaban J connectivity index is 1.25. The normalized spacial score (nSPS) is 17.5. The minimum absolute atomic E-state index is 0.124. The van der Waals surface area contributed by atoms with E-state index in [2.05, 4.69) is 19.9 Å². The van der Waals surface area contributed by atoms with Gasteiger partial charge in [-0.2, -0.15) is 4.99 Å². The van der Waals surface area contributed by atoms with E-state index < -0.39 is 16.9 Å². The van der Waals surface area contributed by atoms with Crippen LogP contribution in [0.25, 0.3) is 11.1 Å². The molecule has 0 spiro atoms. The van der Waals surface area contributed by atoms with Crippen LogP contribution >= 0.6 is 0 Å². The molecule has 0 unspecified atom stereocenters. The molecule has 11 nitrogen and oxygen atoms in total. The van der Waals surface area contributed by atoms with Gasteiger partial charge >= 0.3 is 6.09 Å². The summed E-state index contributed by atoms with van der Waals surface area (Å²) >= 11 is 0. The molecule has 1 aromatic carbocycles. The molecule has 5 rings (SSSR count). The summed E-state index contributed by atoms with van der Waals surface area (Å²) in [5.41, 5.74) is 14.3. The Kier molecular flexibility index (Phi) is 7.85. The van der Waals surface area contributed by atoms with Crippen LogP contribution in [-0.4, -0.2) is 69.5 Å². The highest BCUT2D eigenvalue weighted by Gasteiger charge is 2.46. The summed E-state index contributed by atoms with van der Waals surface area (Å²) in [6.45, 7) is 9.78. The van der Waals surface area contributed by atoms with Crippen molar-refractivity contribution in [2.45, 2.75) is 51.6 Å². The summed E-state index contributed by atoms with van der Waals surface area (Å²) < 4.78 is 5.46. The van der Waals surface area contributed by atoms with Crippen LogP contribution in [-0.2, 0) is 10.2 Å². The fourth-order valence-corrected chi connectivity index (χ4v) is 5.16. The Labute approximate surface area is 246 Å². The second-order valence-electron chi connectivity index (χ2n) is 12.0. The Morgan fingerprint density at radius 1 is 0.881 bits per heavy atom. The van der Waals surface area contributed by atoms with Crippen molar-refractivity contribution in [2.24, 2.45) is 16.6 Å². The van der Waals surface area contributed by atoms with Crippen molar-refractivity contribution in [1.82, 2.24) is 19.9 Å². The summed E-state index contributed by atoms with van der Waals surface area (Å²) in [5, 5.41) is 0. The molecule has 2 amide bonds. The number of nitrogens with zero attached hydrogens (tertiary/aromatic N) is 6. The topological polar surface area (TPSA) is 153 Å².